The topological polar surface area (TPSA) is 69.0 Å². The fourth-order valence-electron chi connectivity index (χ4n) is 2.63. The van der Waals surface area contributed by atoms with Gasteiger partial charge in [0.25, 0.3) is 0 Å². The molecule has 140 valence electrons. The number of hydrogen-bond acceptors (Lipinski definition) is 5. The molecule has 0 spiro atoms. The molecule has 3 rings (SSSR count). The van der Waals surface area contributed by atoms with E-state index in [9.17, 15) is 4.79 Å². The molecule has 1 N–H and O–H groups in total. The van der Waals surface area contributed by atoms with Crippen LogP contribution in [0.3, 0.4) is 0 Å². The SMILES string of the molecule is COc1ccc(-c2nnc(SCC(=O)Nc3cccc(C)c3C)n2C)cc1. The summed E-state index contributed by atoms with van der Waals surface area (Å²) >= 11 is 1.36. The van der Waals surface area contributed by atoms with Crippen molar-refractivity contribution in [2.45, 2.75) is 19.0 Å². The molecular formula is C20H22N4O2S. The maximum Gasteiger partial charge on any atom is 0.234 e. The average molecular weight is 382 g/mol. The van der Waals surface area contributed by atoms with E-state index in [1.54, 1.807) is 7.11 Å². The normalized spacial score (nSPS) is 10.7. The molecule has 0 atom stereocenters. The first-order valence-electron chi connectivity index (χ1n) is 8.52. The number of benzene rings is 2. The quantitative estimate of drug-likeness (QED) is 0.656. The Morgan fingerprint density at radius 2 is 1.89 bits per heavy atom. The van der Waals surface area contributed by atoms with Gasteiger partial charge in [0, 0.05) is 18.3 Å². The molecule has 0 aliphatic rings. The molecule has 0 aliphatic carbocycles. The molecule has 1 heterocycles. The number of amides is 1. The van der Waals surface area contributed by atoms with Crippen molar-refractivity contribution in [3.63, 3.8) is 0 Å². The molecule has 0 saturated heterocycles. The molecule has 2 aromatic carbocycles. The highest BCUT2D eigenvalue weighted by Crippen LogP contribution is 2.25. The van der Waals surface area contributed by atoms with Crippen LogP contribution in [0.2, 0.25) is 0 Å². The van der Waals surface area contributed by atoms with Crippen LogP contribution in [0, 0.1) is 13.8 Å². The van der Waals surface area contributed by atoms with Crippen LogP contribution < -0.4 is 10.1 Å². The predicted octanol–water partition coefficient (Wildman–Crippen LogP) is 3.84. The van der Waals surface area contributed by atoms with Gasteiger partial charge in [0.1, 0.15) is 5.75 Å². The number of nitrogens with zero attached hydrogens (tertiary/aromatic N) is 3. The fraction of sp³-hybridized carbons (Fsp3) is 0.250. The minimum Gasteiger partial charge on any atom is -0.497 e. The lowest BCUT2D eigenvalue weighted by atomic mass is 10.1. The summed E-state index contributed by atoms with van der Waals surface area (Å²) < 4.78 is 7.07. The van der Waals surface area contributed by atoms with Crippen molar-refractivity contribution in [3.05, 3.63) is 53.6 Å². The molecule has 6 nitrogen and oxygen atoms in total. The van der Waals surface area contributed by atoms with E-state index in [1.807, 2.05) is 67.9 Å². The van der Waals surface area contributed by atoms with Gasteiger partial charge in [0.2, 0.25) is 5.91 Å². The monoisotopic (exact) mass is 382 g/mol. The second-order valence-electron chi connectivity index (χ2n) is 6.18. The van der Waals surface area contributed by atoms with Crippen LogP contribution in [0.15, 0.2) is 47.6 Å². The van der Waals surface area contributed by atoms with E-state index in [1.165, 1.54) is 11.8 Å². The predicted molar refractivity (Wildman–Crippen MR) is 108 cm³/mol. The van der Waals surface area contributed by atoms with Gasteiger partial charge in [0.05, 0.1) is 12.9 Å². The van der Waals surface area contributed by atoms with Gasteiger partial charge in [-0.1, -0.05) is 23.9 Å². The molecule has 1 amide bonds. The van der Waals surface area contributed by atoms with Crippen molar-refractivity contribution in [2.24, 2.45) is 7.05 Å². The Morgan fingerprint density at radius 1 is 1.15 bits per heavy atom. The number of nitrogens with one attached hydrogen (secondary N) is 1. The van der Waals surface area contributed by atoms with Crippen molar-refractivity contribution in [2.75, 3.05) is 18.2 Å². The highest BCUT2D eigenvalue weighted by molar-refractivity contribution is 7.99. The van der Waals surface area contributed by atoms with E-state index >= 15 is 0 Å². The van der Waals surface area contributed by atoms with Gasteiger partial charge in [-0.15, -0.1) is 10.2 Å². The zero-order valence-corrected chi connectivity index (χ0v) is 16.6. The summed E-state index contributed by atoms with van der Waals surface area (Å²) in [6.45, 7) is 4.03. The first-order chi connectivity index (χ1) is 13.0. The number of carbonyl (C=O) groups excluding carboxylic acids is 1. The Kier molecular flexibility index (Phi) is 5.81. The molecule has 0 bridgehead atoms. The Balaban J connectivity index is 1.65. The first-order valence-corrected chi connectivity index (χ1v) is 9.51. The minimum absolute atomic E-state index is 0.0669. The lowest BCUT2D eigenvalue weighted by molar-refractivity contribution is -0.113. The molecular weight excluding hydrogens is 360 g/mol. The van der Waals surface area contributed by atoms with Crippen molar-refractivity contribution >= 4 is 23.4 Å². The van der Waals surface area contributed by atoms with Crippen molar-refractivity contribution in [3.8, 4) is 17.1 Å². The number of aromatic nitrogens is 3. The highest BCUT2D eigenvalue weighted by Gasteiger charge is 2.13. The number of anilines is 1. The molecule has 0 unspecified atom stereocenters. The molecule has 1 aromatic heterocycles. The Morgan fingerprint density at radius 3 is 2.59 bits per heavy atom. The number of ether oxygens (including phenoxy) is 1. The van der Waals surface area contributed by atoms with Crippen LogP contribution in [0.5, 0.6) is 5.75 Å². The summed E-state index contributed by atoms with van der Waals surface area (Å²) in [7, 11) is 3.53. The molecule has 3 aromatic rings. The highest BCUT2D eigenvalue weighted by atomic mass is 32.2. The number of aryl methyl sites for hydroxylation is 1. The number of thioether (sulfide) groups is 1. The third-order valence-corrected chi connectivity index (χ3v) is 5.41. The lowest BCUT2D eigenvalue weighted by Crippen LogP contribution is -2.15. The largest absolute Gasteiger partial charge is 0.497 e. The second kappa shape index (κ2) is 8.26. The molecule has 0 fully saturated rings. The molecule has 0 aliphatic heterocycles. The molecule has 0 radical (unpaired) electrons. The van der Waals surface area contributed by atoms with Crippen LogP contribution in [-0.4, -0.2) is 33.5 Å². The first kappa shape index (κ1) is 19.0. The Labute approximate surface area is 163 Å². The minimum atomic E-state index is -0.0669. The zero-order valence-electron chi connectivity index (χ0n) is 15.8. The average Bonchev–Trinajstić information content (AvgIpc) is 3.04. The number of methoxy groups -OCH3 is 1. The summed E-state index contributed by atoms with van der Waals surface area (Å²) in [6, 6.07) is 13.5. The van der Waals surface area contributed by atoms with E-state index in [-0.39, 0.29) is 11.7 Å². The summed E-state index contributed by atoms with van der Waals surface area (Å²) in [5, 5.41) is 12.1. The molecule has 0 saturated carbocycles. The third kappa shape index (κ3) is 4.31. The molecule has 7 heteroatoms. The maximum atomic E-state index is 12.3. The van der Waals surface area contributed by atoms with E-state index < -0.39 is 0 Å². The van der Waals surface area contributed by atoms with Crippen LogP contribution in [0.1, 0.15) is 11.1 Å². The van der Waals surface area contributed by atoms with E-state index in [4.69, 9.17) is 4.74 Å². The van der Waals surface area contributed by atoms with E-state index in [0.29, 0.717) is 5.16 Å². The summed E-state index contributed by atoms with van der Waals surface area (Å²) in [5.41, 5.74) is 4.02. The summed E-state index contributed by atoms with van der Waals surface area (Å²) in [5.74, 6) is 1.73. The number of rotatable bonds is 6. The maximum absolute atomic E-state index is 12.3. The third-order valence-electron chi connectivity index (χ3n) is 4.39. The van der Waals surface area contributed by atoms with Gasteiger partial charge in [0.15, 0.2) is 11.0 Å². The number of hydrogen-bond donors (Lipinski definition) is 1. The Bertz CT molecular complexity index is 951. The fourth-order valence-corrected chi connectivity index (χ4v) is 3.35. The standard InChI is InChI=1S/C20H22N4O2S/c1-13-6-5-7-17(14(13)2)21-18(25)12-27-20-23-22-19(24(20)3)15-8-10-16(26-4)11-9-15/h5-11H,12H2,1-4H3,(H,21,25). The summed E-state index contributed by atoms with van der Waals surface area (Å²) in [4.78, 5) is 12.3. The van der Waals surface area contributed by atoms with E-state index in [0.717, 1.165) is 34.0 Å². The summed E-state index contributed by atoms with van der Waals surface area (Å²) in [6.07, 6.45) is 0. The zero-order chi connectivity index (χ0) is 19.4. The van der Waals surface area contributed by atoms with Crippen molar-refractivity contribution in [1.29, 1.82) is 0 Å². The van der Waals surface area contributed by atoms with E-state index in [2.05, 4.69) is 15.5 Å². The lowest BCUT2D eigenvalue weighted by Gasteiger charge is -2.10. The van der Waals surface area contributed by atoms with Gasteiger partial charge < -0.3 is 14.6 Å². The molecule has 27 heavy (non-hydrogen) atoms. The van der Waals surface area contributed by atoms with Crippen molar-refractivity contribution < 1.29 is 9.53 Å². The smallest absolute Gasteiger partial charge is 0.234 e. The van der Waals surface area contributed by atoms with Crippen molar-refractivity contribution in [1.82, 2.24) is 14.8 Å². The van der Waals surface area contributed by atoms with Crippen LogP contribution in [0.4, 0.5) is 5.69 Å². The van der Waals surface area contributed by atoms with Crippen LogP contribution in [-0.2, 0) is 11.8 Å². The number of carbonyl (C=O) groups is 1. The van der Waals surface area contributed by atoms with Gasteiger partial charge >= 0.3 is 0 Å². The van der Waals surface area contributed by atoms with Gasteiger partial charge in [-0.25, -0.2) is 0 Å². The van der Waals surface area contributed by atoms with Crippen LogP contribution >= 0.6 is 11.8 Å². The van der Waals surface area contributed by atoms with Crippen LogP contribution in [0.25, 0.3) is 11.4 Å². The van der Waals surface area contributed by atoms with Gasteiger partial charge in [-0.2, -0.15) is 0 Å². The van der Waals surface area contributed by atoms with Gasteiger partial charge in [-0.3, -0.25) is 4.79 Å². The second-order valence-corrected chi connectivity index (χ2v) is 7.12. The van der Waals surface area contributed by atoms with Gasteiger partial charge in [-0.05, 0) is 55.3 Å². The Hall–Kier alpha value is -2.80.